The number of ketones is 3. The molecule has 2 atom stereocenters. The molecular formula is C83H74Br2ClF4IN2O10. The molecule has 0 radical (unpaired) electrons. The van der Waals surface area contributed by atoms with Gasteiger partial charge in [-0.15, -0.1) is 0 Å². The van der Waals surface area contributed by atoms with Gasteiger partial charge in [-0.3, -0.25) is 19.2 Å². The van der Waals surface area contributed by atoms with Crippen molar-refractivity contribution in [1.82, 2.24) is 10.2 Å². The maximum Gasteiger partial charge on any atom is 0.379 e. The van der Waals surface area contributed by atoms with E-state index >= 15 is 0 Å². The molecule has 1 heterocycles. The number of aliphatic hydroxyl groups is 1. The summed E-state index contributed by atoms with van der Waals surface area (Å²) in [4.78, 5) is 73.7. The number of hydrogen-bond acceptors (Lipinski definition) is 10. The standard InChI is InChI=1S/C31H32ClFN2O4.C17H15FO3.C15H11FO3.C13H10BrF.C7H6BrI/c1-19-16-21(6-12-25(19)20-4-8-23(33)9-5-20)30(37)31(38)34-27(18-35-14-2-3-15-35)29(36)22-7-13-28(26(32)17-22)39-24-10-11-24;1-3-21-17(20)16(19)13-6-9-15(11(2)10-13)12-4-7-14(18)8-5-12;1-9-8-11(14(17)15(18)19)4-7-13(9)10-2-5-12(16)6-3-10;1-9-8-11(14)4-7-13(9)10-2-5-12(15)6-3-10;1-5-4-6(8)2-3-7(5)9/h4-9,12-13,16-17,24,27,29,36H,2-3,10-11,14-15,18H2,1H3,(H,34,38);4-10H,3H2,1-2H3;2-8H,1H3,(H,18,19);2-8H,1H3;2-4H,1H3/t27-,29-;;;;/m1..../s1. The number of rotatable bonds is 18. The van der Waals surface area contributed by atoms with Crippen LogP contribution in [0.15, 0.2) is 215 Å². The van der Waals surface area contributed by atoms with Crippen molar-refractivity contribution in [2.75, 3.05) is 26.2 Å². The van der Waals surface area contributed by atoms with Crippen molar-refractivity contribution in [1.29, 1.82) is 0 Å². The maximum atomic E-state index is 13.3. The minimum Gasteiger partial charge on any atom is -0.489 e. The predicted octanol–water partition coefficient (Wildman–Crippen LogP) is 20.0. The topological polar surface area (TPSA) is 177 Å². The van der Waals surface area contributed by atoms with Crippen LogP contribution >= 0.6 is 66.1 Å². The van der Waals surface area contributed by atoms with E-state index in [2.05, 4.69) is 95.9 Å². The molecule has 20 heteroatoms. The summed E-state index contributed by atoms with van der Waals surface area (Å²) in [6.45, 7) is 13.5. The Kier molecular flexibility index (Phi) is 29.4. The van der Waals surface area contributed by atoms with Gasteiger partial charge in [0.15, 0.2) is 0 Å². The van der Waals surface area contributed by atoms with Gasteiger partial charge in [0.1, 0.15) is 35.1 Å². The zero-order chi connectivity index (χ0) is 74.6. The maximum absolute atomic E-state index is 13.3. The first kappa shape index (κ1) is 79.7. The van der Waals surface area contributed by atoms with E-state index in [1.54, 1.807) is 123 Å². The number of hydrogen-bond donors (Lipinski definition) is 3. The number of carbonyl (C=O) groups excluding carboxylic acids is 5. The number of aliphatic hydroxyl groups excluding tert-OH is 1. The second-order valence-corrected chi connectivity index (χ2v) is 27.9. The molecule has 10 aromatic rings. The fourth-order valence-electron chi connectivity index (χ4n) is 11.1. The van der Waals surface area contributed by atoms with Crippen LogP contribution in [0.5, 0.6) is 5.75 Å². The first-order valence-electron chi connectivity index (χ1n) is 32.9. The lowest BCUT2D eigenvalue weighted by Gasteiger charge is -2.28. The Hall–Kier alpha value is -8.96. The largest absolute Gasteiger partial charge is 0.489 e. The van der Waals surface area contributed by atoms with Crippen LogP contribution in [0.25, 0.3) is 44.5 Å². The number of carboxylic acid groups (broad SMARTS) is 1. The number of amides is 1. The molecule has 0 spiro atoms. The summed E-state index contributed by atoms with van der Waals surface area (Å²) in [5.74, 6) is -5.97. The Balaban J connectivity index is 0.000000178. The molecule has 532 valence electrons. The third-order valence-corrected chi connectivity index (χ3v) is 19.2. The number of aliphatic carboxylic acids is 1. The van der Waals surface area contributed by atoms with E-state index in [0.29, 0.717) is 22.9 Å². The van der Waals surface area contributed by atoms with Crippen molar-refractivity contribution in [2.45, 2.75) is 85.5 Å². The minimum atomic E-state index is -1.48. The van der Waals surface area contributed by atoms with E-state index < -0.39 is 47.3 Å². The highest BCUT2D eigenvalue weighted by Crippen LogP contribution is 2.35. The van der Waals surface area contributed by atoms with Crippen molar-refractivity contribution < 1.29 is 66.0 Å². The number of aryl methyl sites for hydroxylation is 5. The summed E-state index contributed by atoms with van der Waals surface area (Å²) < 4.78 is 65.9. The first-order valence-corrected chi connectivity index (χ1v) is 35.9. The van der Waals surface area contributed by atoms with E-state index in [4.69, 9.17) is 26.2 Å². The third kappa shape index (κ3) is 23.3. The van der Waals surface area contributed by atoms with E-state index in [9.17, 15) is 51.4 Å². The van der Waals surface area contributed by atoms with Crippen molar-refractivity contribution in [3.05, 3.63) is 297 Å². The second-order valence-electron chi connectivity index (χ2n) is 24.5. The first-order chi connectivity index (χ1) is 49.2. The number of Topliss-reactive ketones (excluding diaryl/α,β-unsaturated/α-hetero) is 3. The lowest BCUT2D eigenvalue weighted by molar-refractivity contribution is -0.137. The van der Waals surface area contributed by atoms with Crippen molar-refractivity contribution in [3.8, 4) is 50.3 Å². The van der Waals surface area contributed by atoms with E-state index in [1.807, 2.05) is 32.9 Å². The molecule has 3 N–H and O–H groups in total. The van der Waals surface area contributed by atoms with Crippen LogP contribution in [-0.4, -0.2) is 88.7 Å². The summed E-state index contributed by atoms with van der Waals surface area (Å²) in [5, 5.41) is 23.1. The average Bonchev–Trinajstić information content (AvgIpc) is 1.59. The minimum absolute atomic E-state index is 0.135. The van der Waals surface area contributed by atoms with Crippen LogP contribution in [0.2, 0.25) is 5.02 Å². The fraction of sp³-hybridized carbons (Fsp3) is 0.205. The number of ether oxygens (including phenoxy) is 2. The predicted molar refractivity (Wildman–Crippen MR) is 411 cm³/mol. The van der Waals surface area contributed by atoms with Gasteiger partial charge in [-0.2, -0.15) is 0 Å². The zero-order valence-electron chi connectivity index (χ0n) is 57.2. The SMILES string of the molecule is CCOC(=O)C(=O)c1ccc(-c2ccc(F)cc2)c(C)c1.Cc1cc(Br)ccc1-c1ccc(F)cc1.Cc1cc(Br)ccc1I.Cc1cc(C(=O)C(=O)N[C@H](CN2CCCC2)[C@H](O)c2ccc(OC3CC3)c(Cl)c2)ccc1-c1ccc(F)cc1.Cc1cc(C(=O)C(=O)O)ccc1-c1ccc(F)cc1. The molecule has 12 nitrogen and oxygen atoms in total. The molecular weight excluding hydrogens is 1580 g/mol. The molecule has 1 aliphatic carbocycles. The number of likely N-dealkylation sites (tertiary alicyclic amines) is 1. The Morgan fingerprint density at radius 2 is 0.913 bits per heavy atom. The number of benzene rings is 10. The van der Waals surface area contributed by atoms with Gasteiger partial charge in [-0.25, -0.2) is 27.2 Å². The Morgan fingerprint density at radius 3 is 1.28 bits per heavy atom. The van der Waals surface area contributed by atoms with Gasteiger partial charge in [-0.1, -0.05) is 141 Å². The van der Waals surface area contributed by atoms with Crippen LogP contribution in [0.4, 0.5) is 17.6 Å². The van der Waals surface area contributed by atoms with E-state index in [0.717, 1.165) is 109 Å². The number of nitrogens with zero attached hydrogens (tertiary/aromatic N) is 1. The summed E-state index contributed by atoms with van der Waals surface area (Å²) in [6, 6.07) is 56.1. The number of nitrogens with one attached hydrogen (secondary N) is 1. The van der Waals surface area contributed by atoms with Gasteiger partial charge in [0.2, 0.25) is 5.78 Å². The Morgan fingerprint density at radius 1 is 0.524 bits per heavy atom. The third-order valence-electron chi connectivity index (χ3n) is 16.7. The number of carbonyl (C=O) groups is 6. The highest BCUT2D eigenvalue weighted by Gasteiger charge is 2.31. The van der Waals surface area contributed by atoms with Crippen LogP contribution in [-0.2, 0) is 19.1 Å². The number of halogens is 8. The molecule has 2 aliphatic rings. The smallest absolute Gasteiger partial charge is 0.379 e. The quantitative estimate of drug-likeness (QED) is 0.0245. The molecule has 10 aromatic carbocycles. The zero-order valence-corrected chi connectivity index (χ0v) is 63.2. The molecule has 1 saturated heterocycles. The monoisotopic (exact) mass is 1650 g/mol. The molecule has 0 aromatic heterocycles. The van der Waals surface area contributed by atoms with Gasteiger partial charge in [0.05, 0.1) is 23.8 Å². The highest BCUT2D eigenvalue weighted by molar-refractivity contribution is 14.1. The van der Waals surface area contributed by atoms with Gasteiger partial charge in [0, 0.05) is 35.8 Å². The lowest BCUT2D eigenvalue weighted by atomic mass is 9.96. The Bertz CT molecular complexity index is 4670. The lowest BCUT2D eigenvalue weighted by Crippen LogP contribution is -2.48. The summed E-state index contributed by atoms with van der Waals surface area (Å²) in [7, 11) is 0. The van der Waals surface area contributed by atoms with Gasteiger partial charge >= 0.3 is 11.9 Å². The van der Waals surface area contributed by atoms with Crippen LogP contribution in [0, 0.1) is 61.5 Å². The Labute approximate surface area is 631 Å². The van der Waals surface area contributed by atoms with Gasteiger partial charge < -0.3 is 29.9 Å². The van der Waals surface area contributed by atoms with Crippen LogP contribution in [0.1, 0.15) is 103 Å². The molecule has 1 amide bonds. The normalized spacial score (nSPS) is 12.8. The summed E-state index contributed by atoms with van der Waals surface area (Å²) >= 11 is 15.6. The average molecular weight is 1660 g/mol. The van der Waals surface area contributed by atoms with E-state index in [1.165, 1.54) is 75.4 Å². The number of carboxylic acids is 1. The van der Waals surface area contributed by atoms with Gasteiger partial charge in [-0.05, 0) is 290 Å². The van der Waals surface area contributed by atoms with Crippen LogP contribution < -0.4 is 10.1 Å². The summed E-state index contributed by atoms with van der Waals surface area (Å²) in [5.41, 5.74) is 13.3. The molecule has 1 saturated carbocycles. The summed E-state index contributed by atoms with van der Waals surface area (Å²) in [6.07, 6.45) is 3.24. The molecule has 1 aliphatic heterocycles. The molecule has 0 bridgehead atoms. The van der Waals surface area contributed by atoms with Crippen molar-refractivity contribution in [2.24, 2.45) is 0 Å². The molecule has 12 rings (SSSR count). The fourth-order valence-corrected chi connectivity index (χ4v) is 12.6. The molecule has 103 heavy (non-hydrogen) atoms. The molecule has 2 fully saturated rings. The molecule has 0 unspecified atom stereocenters. The highest BCUT2D eigenvalue weighted by atomic mass is 127. The van der Waals surface area contributed by atoms with Gasteiger partial charge in [0.25, 0.3) is 17.5 Å². The van der Waals surface area contributed by atoms with Crippen molar-refractivity contribution >= 4 is 101 Å². The van der Waals surface area contributed by atoms with Crippen molar-refractivity contribution in [3.63, 3.8) is 0 Å². The van der Waals surface area contributed by atoms with E-state index in [-0.39, 0.29) is 52.7 Å². The second kappa shape index (κ2) is 38.0. The number of esters is 1. The van der Waals surface area contributed by atoms with Crippen LogP contribution in [0.3, 0.4) is 0 Å².